The van der Waals surface area contributed by atoms with Crippen LogP contribution in [0.3, 0.4) is 0 Å². The molecular weight excluding hydrogens is 236 g/mol. The van der Waals surface area contributed by atoms with Gasteiger partial charge in [-0.3, -0.25) is 0 Å². The molecule has 4 heteroatoms. The molecule has 1 aromatic rings. The molecule has 0 saturated carbocycles. The maximum Gasteiger partial charge on any atom is 0.328 e. The molecule has 0 bridgehead atoms. The summed E-state index contributed by atoms with van der Waals surface area (Å²) in [6.07, 6.45) is 2.31. The fraction of sp³-hybridized carbons (Fsp3) is 0. The van der Waals surface area contributed by atoms with Crippen LogP contribution in [0.15, 0.2) is 28.7 Å². The molecule has 0 aromatic heterocycles. The van der Waals surface area contributed by atoms with Gasteiger partial charge in [-0.2, -0.15) is 0 Å². The summed E-state index contributed by atoms with van der Waals surface area (Å²) in [5.41, 5.74) is 0.469. The molecule has 0 spiro atoms. The summed E-state index contributed by atoms with van der Waals surface area (Å²) >= 11 is 3.12. The Morgan fingerprint density at radius 3 is 2.77 bits per heavy atom. The van der Waals surface area contributed by atoms with Gasteiger partial charge in [0.25, 0.3) is 0 Å². The van der Waals surface area contributed by atoms with E-state index in [0.29, 0.717) is 10.0 Å². The number of aliphatic carboxylic acids is 1. The van der Waals surface area contributed by atoms with Crippen molar-refractivity contribution in [3.63, 3.8) is 0 Å². The van der Waals surface area contributed by atoms with E-state index in [-0.39, 0.29) is 5.75 Å². The third kappa shape index (κ3) is 2.59. The normalized spacial score (nSPS) is 10.5. The molecule has 1 rings (SSSR count). The molecule has 0 atom stereocenters. The van der Waals surface area contributed by atoms with E-state index in [2.05, 4.69) is 15.9 Å². The van der Waals surface area contributed by atoms with Crippen LogP contribution in [0.2, 0.25) is 0 Å². The molecule has 0 aliphatic heterocycles. The second kappa shape index (κ2) is 4.09. The summed E-state index contributed by atoms with van der Waals surface area (Å²) in [5.74, 6) is -1.00. The number of hydrogen-bond donors (Lipinski definition) is 2. The molecule has 0 heterocycles. The van der Waals surface area contributed by atoms with E-state index in [1.165, 1.54) is 6.08 Å². The second-order valence-electron chi connectivity index (χ2n) is 2.35. The standard InChI is InChI=1S/C9H7BrO3/c10-7-3-1-2-6(9(7)13)4-5-8(11)12/h1-5,13H,(H,11,12)/b5-4+. The highest BCUT2D eigenvalue weighted by Gasteiger charge is 2.01. The predicted molar refractivity (Wildman–Crippen MR) is 52.5 cm³/mol. The molecule has 13 heavy (non-hydrogen) atoms. The highest BCUT2D eigenvalue weighted by atomic mass is 79.9. The van der Waals surface area contributed by atoms with Crippen molar-refractivity contribution in [2.24, 2.45) is 0 Å². The van der Waals surface area contributed by atoms with E-state index < -0.39 is 5.97 Å². The number of carboxylic acid groups (broad SMARTS) is 1. The molecule has 0 radical (unpaired) electrons. The maximum atomic E-state index is 10.2. The Balaban J connectivity index is 3.02. The zero-order valence-electron chi connectivity index (χ0n) is 6.57. The number of carbonyl (C=O) groups is 1. The molecule has 3 nitrogen and oxygen atoms in total. The van der Waals surface area contributed by atoms with Gasteiger partial charge in [0.05, 0.1) is 4.47 Å². The van der Waals surface area contributed by atoms with Gasteiger partial charge in [-0.15, -0.1) is 0 Å². The van der Waals surface area contributed by atoms with Gasteiger partial charge >= 0.3 is 5.97 Å². The lowest BCUT2D eigenvalue weighted by molar-refractivity contribution is -0.131. The number of benzene rings is 1. The Bertz CT molecular complexity index is 358. The number of carboxylic acids is 1. The van der Waals surface area contributed by atoms with Crippen LogP contribution in [0, 0.1) is 0 Å². The molecule has 0 saturated heterocycles. The third-order valence-corrected chi connectivity index (χ3v) is 2.06. The number of hydrogen-bond acceptors (Lipinski definition) is 2. The number of rotatable bonds is 2. The average Bonchev–Trinajstić information content (AvgIpc) is 2.07. The first kappa shape index (κ1) is 9.80. The lowest BCUT2D eigenvalue weighted by Gasteiger charge is -1.99. The molecule has 1 aromatic carbocycles. The van der Waals surface area contributed by atoms with Crippen molar-refractivity contribution in [2.75, 3.05) is 0 Å². The molecule has 0 aliphatic rings. The van der Waals surface area contributed by atoms with Crippen molar-refractivity contribution in [2.45, 2.75) is 0 Å². The highest BCUT2D eigenvalue weighted by Crippen LogP contribution is 2.28. The number of phenolic OH excluding ortho intramolecular Hbond substituents is 1. The lowest BCUT2D eigenvalue weighted by Crippen LogP contribution is -1.85. The predicted octanol–water partition coefficient (Wildman–Crippen LogP) is 2.25. The summed E-state index contributed by atoms with van der Waals surface area (Å²) in [6, 6.07) is 5.01. The molecule has 0 fully saturated rings. The Kier molecular flexibility index (Phi) is 3.08. The van der Waals surface area contributed by atoms with Gasteiger partial charge < -0.3 is 10.2 Å². The fourth-order valence-electron chi connectivity index (χ4n) is 0.828. The first-order valence-corrected chi connectivity index (χ1v) is 4.29. The second-order valence-corrected chi connectivity index (χ2v) is 3.20. The third-order valence-electron chi connectivity index (χ3n) is 1.42. The van der Waals surface area contributed by atoms with E-state index in [4.69, 9.17) is 5.11 Å². The minimum absolute atomic E-state index is 0.0417. The molecule has 0 amide bonds. The van der Waals surface area contributed by atoms with E-state index >= 15 is 0 Å². The number of aromatic hydroxyl groups is 1. The summed E-state index contributed by atoms with van der Waals surface area (Å²) < 4.78 is 0.542. The van der Waals surface area contributed by atoms with E-state index in [9.17, 15) is 9.90 Å². The number of para-hydroxylation sites is 1. The van der Waals surface area contributed by atoms with Crippen molar-refractivity contribution in [1.29, 1.82) is 0 Å². The van der Waals surface area contributed by atoms with Crippen molar-refractivity contribution >= 4 is 28.0 Å². The van der Waals surface area contributed by atoms with Crippen molar-refractivity contribution in [3.05, 3.63) is 34.3 Å². The first-order valence-electron chi connectivity index (χ1n) is 3.50. The molecule has 0 aliphatic carbocycles. The lowest BCUT2D eigenvalue weighted by atomic mass is 10.2. The van der Waals surface area contributed by atoms with Gasteiger partial charge in [-0.05, 0) is 28.1 Å². The minimum atomic E-state index is -1.04. The van der Waals surface area contributed by atoms with Gasteiger partial charge in [-0.25, -0.2) is 4.79 Å². The Labute approximate surface area is 83.5 Å². The first-order chi connectivity index (χ1) is 6.11. The highest BCUT2D eigenvalue weighted by molar-refractivity contribution is 9.10. The number of phenols is 1. The Morgan fingerprint density at radius 1 is 1.46 bits per heavy atom. The molecule has 2 N–H and O–H groups in total. The minimum Gasteiger partial charge on any atom is -0.506 e. The van der Waals surface area contributed by atoms with Crippen LogP contribution in [0.5, 0.6) is 5.75 Å². The Morgan fingerprint density at radius 2 is 2.15 bits per heavy atom. The molecule has 68 valence electrons. The van der Waals surface area contributed by atoms with E-state index in [1.807, 2.05) is 0 Å². The van der Waals surface area contributed by atoms with Crippen LogP contribution in [-0.2, 0) is 4.79 Å². The zero-order valence-corrected chi connectivity index (χ0v) is 8.15. The van der Waals surface area contributed by atoms with Crippen LogP contribution >= 0.6 is 15.9 Å². The van der Waals surface area contributed by atoms with Crippen molar-refractivity contribution in [1.82, 2.24) is 0 Å². The van der Waals surface area contributed by atoms with E-state index in [0.717, 1.165) is 6.08 Å². The van der Waals surface area contributed by atoms with Gasteiger partial charge in [0.1, 0.15) is 5.75 Å². The summed E-state index contributed by atoms with van der Waals surface area (Å²) in [4.78, 5) is 10.2. The van der Waals surface area contributed by atoms with E-state index in [1.54, 1.807) is 18.2 Å². The fourth-order valence-corrected chi connectivity index (χ4v) is 1.21. The van der Waals surface area contributed by atoms with Crippen LogP contribution in [-0.4, -0.2) is 16.2 Å². The van der Waals surface area contributed by atoms with Gasteiger partial charge in [0.15, 0.2) is 0 Å². The van der Waals surface area contributed by atoms with Crippen LogP contribution in [0.25, 0.3) is 6.08 Å². The van der Waals surface area contributed by atoms with Crippen molar-refractivity contribution < 1.29 is 15.0 Å². The van der Waals surface area contributed by atoms with Crippen LogP contribution in [0.1, 0.15) is 5.56 Å². The Hall–Kier alpha value is -1.29. The van der Waals surface area contributed by atoms with Crippen molar-refractivity contribution in [3.8, 4) is 5.75 Å². The summed E-state index contributed by atoms with van der Waals surface area (Å²) in [6.45, 7) is 0. The molecule has 0 unspecified atom stereocenters. The number of halogens is 1. The van der Waals surface area contributed by atoms with Crippen LogP contribution in [0.4, 0.5) is 0 Å². The zero-order chi connectivity index (χ0) is 9.84. The molecular formula is C9H7BrO3. The summed E-state index contributed by atoms with van der Waals surface area (Å²) in [5, 5.41) is 17.8. The van der Waals surface area contributed by atoms with Gasteiger partial charge in [0, 0.05) is 11.6 Å². The largest absolute Gasteiger partial charge is 0.506 e. The topological polar surface area (TPSA) is 57.5 Å². The van der Waals surface area contributed by atoms with Gasteiger partial charge in [-0.1, -0.05) is 12.1 Å². The summed E-state index contributed by atoms with van der Waals surface area (Å²) in [7, 11) is 0. The smallest absolute Gasteiger partial charge is 0.328 e. The maximum absolute atomic E-state index is 10.2. The van der Waals surface area contributed by atoms with Crippen LogP contribution < -0.4 is 0 Å². The quantitative estimate of drug-likeness (QED) is 0.783. The SMILES string of the molecule is O=C(O)/C=C/c1cccc(Br)c1O. The van der Waals surface area contributed by atoms with Gasteiger partial charge in [0.2, 0.25) is 0 Å². The monoisotopic (exact) mass is 242 g/mol. The average molecular weight is 243 g/mol.